The lowest BCUT2D eigenvalue weighted by Crippen LogP contribution is -2.55. The van der Waals surface area contributed by atoms with Crippen molar-refractivity contribution in [3.8, 4) is 11.4 Å². The molecule has 0 aliphatic carbocycles. The zero-order chi connectivity index (χ0) is 22.7. The van der Waals surface area contributed by atoms with E-state index < -0.39 is 5.54 Å². The van der Waals surface area contributed by atoms with Gasteiger partial charge in [-0.1, -0.05) is 41.9 Å². The molecular formula is C25H25ClN4O2. The third-order valence-electron chi connectivity index (χ3n) is 5.61. The van der Waals surface area contributed by atoms with Crippen LogP contribution in [0.25, 0.3) is 11.4 Å². The highest BCUT2D eigenvalue weighted by Gasteiger charge is 2.40. The smallest absolute Gasteiger partial charge is 0.252 e. The molecule has 4 rings (SSSR count). The van der Waals surface area contributed by atoms with E-state index in [9.17, 15) is 9.59 Å². The van der Waals surface area contributed by atoms with E-state index >= 15 is 0 Å². The zero-order valence-corrected chi connectivity index (χ0v) is 18.8. The molecule has 2 heterocycles. The Labute approximate surface area is 192 Å². The van der Waals surface area contributed by atoms with Crippen molar-refractivity contribution in [3.63, 3.8) is 0 Å². The molecule has 32 heavy (non-hydrogen) atoms. The maximum atomic E-state index is 13.5. The van der Waals surface area contributed by atoms with E-state index in [0.29, 0.717) is 23.0 Å². The molecule has 6 nitrogen and oxygen atoms in total. The lowest BCUT2D eigenvalue weighted by molar-refractivity contribution is -0.137. The number of carbonyl (C=O) groups is 2. The Morgan fingerprint density at radius 2 is 1.88 bits per heavy atom. The molecule has 164 valence electrons. The molecule has 1 fully saturated rings. The van der Waals surface area contributed by atoms with Gasteiger partial charge in [0.25, 0.3) is 5.91 Å². The molecular weight excluding hydrogens is 424 g/mol. The van der Waals surface area contributed by atoms with Crippen molar-refractivity contribution in [2.24, 2.45) is 0 Å². The van der Waals surface area contributed by atoms with Crippen LogP contribution in [-0.4, -0.2) is 38.8 Å². The van der Waals surface area contributed by atoms with Gasteiger partial charge >= 0.3 is 0 Å². The third kappa shape index (κ3) is 4.65. The van der Waals surface area contributed by atoms with Gasteiger partial charge in [0.1, 0.15) is 5.54 Å². The Kier molecular flexibility index (Phi) is 6.24. The average Bonchev–Trinajstić information content (AvgIpc) is 3.29. The molecule has 1 aromatic heterocycles. The first kappa shape index (κ1) is 22.0. The number of benzene rings is 2. The zero-order valence-electron chi connectivity index (χ0n) is 18.1. The standard InChI is InChI=1S/C25H25ClN4O2/c1-25(2,29-23(31)17-8-4-3-5-9-17)24(32)30-15-7-12-21(30)20-13-14-27-22(28-20)18-10-6-11-19(26)16-18/h3-6,8-11,13-14,16,21H,7,12,15H2,1-2H3,(H,29,31). The normalized spacial score (nSPS) is 16.1. The second kappa shape index (κ2) is 9.09. The fraction of sp³-hybridized carbons (Fsp3) is 0.280. The summed E-state index contributed by atoms with van der Waals surface area (Å²) >= 11 is 6.12. The first-order chi connectivity index (χ1) is 15.3. The van der Waals surface area contributed by atoms with Crippen molar-refractivity contribution in [1.82, 2.24) is 20.2 Å². The van der Waals surface area contributed by atoms with E-state index in [1.54, 1.807) is 50.4 Å². The molecule has 1 atom stereocenters. The van der Waals surface area contributed by atoms with Crippen LogP contribution in [0.3, 0.4) is 0 Å². The summed E-state index contributed by atoms with van der Waals surface area (Å²) < 4.78 is 0. The molecule has 0 saturated carbocycles. The lowest BCUT2D eigenvalue weighted by atomic mass is 10.0. The van der Waals surface area contributed by atoms with E-state index in [0.717, 1.165) is 24.1 Å². The van der Waals surface area contributed by atoms with Crippen molar-refractivity contribution < 1.29 is 9.59 Å². The van der Waals surface area contributed by atoms with Crippen molar-refractivity contribution >= 4 is 23.4 Å². The van der Waals surface area contributed by atoms with Crippen LogP contribution in [0.2, 0.25) is 5.02 Å². The summed E-state index contributed by atoms with van der Waals surface area (Å²) in [6.07, 6.45) is 3.39. The summed E-state index contributed by atoms with van der Waals surface area (Å²) in [6, 6.07) is 18.0. The van der Waals surface area contributed by atoms with E-state index in [2.05, 4.69) is 10.3 Å². The Bertz CT molecular complexity index is 1130. The number of hydrogen-bond donors (Lipinski definition) is 1. The van der Waals surface area contributed by atoms with Crippen LogP contribution in [0.1, 0.15) is 48.8 Å². The van der Waals surface area contributed by atoms with Gasteiger partial charge in [0.2, 0.25) is 5.91 Å². The van der Waals surface area contributed by atoms with Crippen molar-refractivity contribution in [1.29, 1.82) is 0 Å². The summed E-state index contributed by atoms with van der Waals surface area (Å²) in [5.41, 5.74) is 1.07. The van der Waals surface area contributed by atoms with Crippen LogP contribution in [-0.2, 0) is 4.79 Å². The molecule has 7 heteroatoms. The van der Waals surface area contributed by atoms with Gasteiger partial charge in [0.15, 0.2) is 5.82 Å². The van der Waals surface area contributed by atoms with Gasteiger partial charge in [-0.3, -0.25) is 9.59 Å². The van der Waals surface area contributed by atoms with Gasteiger partial charge in [-0.2, -0.15) is 0 Å². The van der Waals surface area contributed by atoms with Gasteiger partial charge in [0, 0.05) is 28.9 Å². The average molecular weight is 449 g/mol. The predicted octanol–water partition coefficient (Wildman–Crippen LogP) is 4.67. The maximum absolute atomic E-state index is 13.5. The minimum Gasteiger partial charge on any atom is -0.338 e. The molecule has 3 aromatic rings. The number of hydrogen-bond acceptors (Lipinski definition) is 4. The number of nitrogens with one attached hydrogen (secondary N) is 1. The van der Waals surface area contributed by atoms with E-state index in [4.69, 9.17) is 16.6 Å². The number of rotatable bonds is 5. The van der Waals surface area contributed by atoms with E-state index in [1.165, 1.54) is 0 Å². The Balaban J connectivity index is 1.55. The molecule has 0 radical (unpaired) electrons. The monoisotopic (exact) mass is 448 g/mol. The number of carbonyl (C=O) groups excluding carboxylic acids is 2. The molecule has 1 unspecified atom stereocenters. The highest BCUT2D eigenvalue weighted by Crippen LogP contribution is 2.33. The fourth-order valence-electron chi connectivity index (χ4n) is 4.00. The van der Waals surface area contributed by atoms with E-state index in [-0.39, 0.29) is 17.9 Å². The van der Waals surface area contributed by atoms with Gasteiger partial charge in [-0.25, -0.2) is 9.97 Å². The van der Waals surface area contributed by atoms with Crippen LogP contribution in [0, 0.1) is 0 Å². The topological polar surface area (TPSA) is 75.2 Å². The number of nitrogens with zero attached hydrogens (tertiary/aromatic N) is 3. The summed E-state index contributed by atoms with van der Waals surface area (Å²) in [5, 5.41) is 3.50. The Hall–Kier alpha value is -3.25. The summed E-state index contributed by atoms with van der Waals surface area (Å²) in [5.74, 6) is 0.165. The van der Waals surface area contributed by atoms with Gasteiger partial charge in [-0.05, 0) is 57.0 Å². The van der Waals surface area contributed by atoms with Gasteiger partial charge in [-0.15, -0.1) is 0 Å². The molecule has 1 aliphatic heterocycles. The molecule has 2 aromatic carbocycles. The number of halogens is 1. The molecule has 1 saturated heterocycles. The molecule has 2 amide bonds. The van der Waals surface area contributed by atoms with Crippen LogP contribution in [0.5, 0.6) is 0 Å². The minimum absolute atomic E-state index is 0.132. The first-order valence-corrected chi connectivity index (χ1v) is 11.0. The summed E-state index contributed by atoms with van der Waals surface area (Å²) in [4.78, 5) is 37.1. The van der Waals surface area contributed by atoms with Crippen molar-refractivity contribution in [3.05, 3.63) is 83.1 Å². The van der Waals surface area contributed by atoms with Gasteiger partial charge in [0.05, 0.1) is 11.7 Å². The molecule has 1 N–H and O–H groups in total. The maximum Gasteiger partial charge on any atom is 0.252 e. The van der Waals surface area contributed by atoms with Gasteiger partial charge < -0.3 is 10.2 Å². The largest absolute Gasteiger partial charge is 0.338 e. The predicted molar refractivity (Wildman–Crippen MR) is 124 cm³/mol. The number of amides is 2. The fourth-order valence-corrected chi connectivity index (χ4v) is 4.19. The van der Waals surface area contributed by atoms with Crippen LogP contribution in [0.15, 0.2) is 66.9 Å². The quantitative estimate of drug-likeness (QED) is 0.615. The van der Waals surface area contributed by atoms with Crippen LogP contribution in [0.4, 0.5) is 0 Å². The Morgan fingerprint density at radius 3 is 2.62 bits per heavy atom. The SMILES string of the molecule is CC(C)(NC(=O)c1ccccc1)C(=O)N1CCCC1c1ccnc(-c2cccc(Cl)c2)n1. The van der Waals surface area contributed by atoms with E-state index in [1.807, 2.05) is 35.2 Å². The highest BCUT2D eigenvalue weighted by molar-refractivity contribution is 6.30. The van der Waals surface area contributed by atoms with Crippen molar-refractivity contribution in [2.75, 3.05) is 6.54 Å². The second-order valence-corrected chi connectivity index (χ2v) is 8.85. The number of likely N-dealkylation sites (tertiary alicyclic amines) is 1. The summed E-state index contributed by atoms with van der Waals surface area (Å²) in [6.45, 7) is 4.09. The number of aromatic nitrogens is 2. The minimum atomic E-state index is -1.06. The van der Waals surface area contributed by atoms with Crippen LogP contribution >= 0.6 is 11.6 Å². The summed E-state index contributed by atoms with van der Waals surface area (Å²) in [7, 11) is 0. The molecule has 0 bridgehead atoms. The Morgan fingerprint density at radius 1 is 1.09 bits per heavy atom. The third-order valence-corrected chi connectivity index (χ3v) is 5.85. The first-order valence-electron chi connectivity index (χ1n) is 10.6. The molecule has 0 spiro atoms. The second-order valence-electron chi connectivity index (χ2n) is 8.42. The highest BCUT2D eigenvalue weighted by atomic mass is 35.5. The van der Waals surface area contributed by atoms with Crippen LogP contribution < -0.4 is 5.32 Å². The van der Waals surface area contributed by atoms with Crippen molar-refractivity contribution in [2.45, 2.75) is 38.3 Å². The molecule has 1 aliphatic rings. The lowest BCUT2D eigenvalue weighted by Gasteiger charge is -2.33.